The summed E-state index contributed by atoms with van der Waals surface area (Å²) >= 11 is 0. The maximum absolute atomic E-state index is 11.7. The molecule has 6 nitrogen and oxygen atoms in total. The van der Waals surface area contributed by atoms with Crippen LogP contribution in [0, 0.1) is 0 Å². The molecule has 1 heterocycles. The molecule has 6 heteroatoms. The molecule has 2 N–H and O–H groups in total. The highest BCUT2D eigenvalue weighted by Crippen LogP contribution is 2.31. The Balaban J connectivity index is 2.07. The molecule has 0 saturated heterocycles. The number of carbonyl (C=O) groups is 2. The van der Waals surface area contributed by atoms with Gasteiger partial charge in [0.2, 0.25) is 0 Å². The molecular formula is C14H18N2O4. The third-order valence-electron chi connectivity index (χ3n) is 2.55. The maximum Gasteiger partial charge on any atom is 0.412 e. The van der Waals surface area contributed by atoms with Crippen LogP contribution in [0.2, 0.25) is 0 Å². The van der Waals surface area contributed by atoms with Gasteiger partial charge < -0.3 is 19.6 Å². The zero-order chi connectivity index (χ0) is 14.8. The van der Waals surface area contributed by atoms with Gasteiger partial charge in [0.1, 0.15) is 30.3 Å². The number of fused-ring (bicyclic) bond motifs is 1. The summed E-state index contributed by atoms with van der Waals surface area (Å²) in [6.07, 6.45) is 0.262. The fraction of sp³-hybridized carbons (Fsp3) is 0.429. The van der Waals surface area contributed by atoms with Gasteiger partial charge in [-0.3, -0.25) is 5.32 Å². The number of benzene rings is 1. The molecule has 1 aliphatic heterocycles. The first-order valence-electron chi connectivity index (χ1n) is 6.36. The third kappa shape index (κ3) is 3.63. The normalized spacial score (nSPS) is 17.2. The quantitative estimate of drug-likeness (QED) is 0.812. The molecule has 2 rings (SSSR count). The van der Waals surface area contributed by atoms with Gasteiger partial charge in [0.15, 0.2) is 0 Å². The molecule has 1 unspecified atom stereocenters. The molecule has 1 atom stereocenters. The number of anilines is 2. The first-order valence-corrected chi connectivity index (χ1v) is 6.36. The second-order valence-corrected chi connectivity index (χ2v) is 5.54. The predicted octanol–water partition coefficient (Wildman–Crippen LogP) is 2.41. The summed E-state index contributed by atoms with van der Waals surface area (Å²) in [5.41, 5.74) is 0.685. The van der Waals surface area contributed by atoms with E-state index in [4.69, 9.17) is 9.47 Å². The number of rotatable bonds is 2. The van der Waals surface area contributed by atoms with E-state index < -0.39 is 11.7 Å². The van der Waals surface area contributed by atoms with Crippen molar-refractivity contribution in [1.29, 1.82) is 0 Å². The minimum atomic E-state index is -0.553. The molecular weight excluding hydrogens is 260 g/mol. The van der Waals surface area contributed by atoms with Crippen molar-refractivity contribution in [3.63, 3.8) is 0 Å². The van der Waals surface area contributed by atoms with E-state index in [9.17, 15) is 9.59 Å². The van der Waals surface area contributed by atoms with Crippen LogP contribution in [0.5, 0.6) is 5.75 Å². The molecule has 0 radical (unpaired) electrons. The average Bonchev–Trinajstić information content (AvgIpc) is 2.35. The second kappa shape index (κ2) is 5.40. The molecule has 108 valence electrons. The van der Waals surface area contributed by atoms with Gasteiger partial charge in [-0.15, -0.1) is 0 Å². The molecule has 1 amide bonds. The molecule has 0 spiro atoms. The minimum absolute atomic E-state index is 0.301. The standard InChI is InChI=1S/C14H18N2O4/c1-14(2,3)20-13(18)16-9-4-5-12-11(6-9)15-10(7-17)8-19-12/h4-7,10,15H,8H2,1-3H3,(H,16,18). The van der Waals surface area contributed by atoms with E-state index in [1.54, 1.807) is 39.0 Å². The van der Waals surface area contributed by atoms with Crippen LogP contribution >= 0.6 is 0 Å². The highest BCUT2D eigenvalue weighted by molar-refractivity contribution is 5.86. The van der Waals surface area contributed by atoms with Crippen LogP contribution in [0.3, 0.4) is 0 Å². The van der Waals surface area contributed by atoms with Gasteiger partial charge in [-0.2, -0.15) is 0 Å². The lowest BCUT2D eigenvalue weighted by Gasteiger charge is -2.24. The number of ether oxygens (including phenoxy) is 2. The van der Waals surface area contributed by atoms with Crippen LogP contribution in [0.1, 0.15) is 20.8 Å². The van der Waals surface area contributed by atoms with E-state index in [0.717, 1.165) is 6.29 Å². The van der Waals surface area contributed by atoms with E-state index >= 15 is 0 Å². The number of hydrogen-bond acceptors (Lipinski definition) is 5. The number of nitrogens with one attached hydrogen (secondary N) is 2. The first-order chi connectivity index (χ1) is 9.37. The van der Waals surface area contributed by atoms with Gasteiger partial charge in [0.25, 0.3) is 0 Å². The van der Waals surface area contributed by atoms with E-state index in [0.29, 0.717) is 23.7 Å². The van der Waals surface area contributed by atoms with Gasteiger partial charge in [-0.05, 0) is 39.0 Å². The number of hydrogen-bond donors (Lipinski definition) is 2. The van der Waals surface area contributed by atoms with Crippen molar-refractivity contribution in [2.45, 2.75) is 32.4 Å². The molecule has 20 heavy (non-hydrogen) atoms. The summed E-state index contributed by atoms with van der Waals surface area (Å²) in [6, 6.07) is 4.77. The Labute approximate surface area is 117 Å². The van der Waals surface area contributed by atoms with Crippen LogP contribution in [-0.2, 0) is 9.53 Å². The average molecular weight is 278 g/mol. The topological polar surface area (TPSA) is 76.7 Å². The van der Waals surface area contributed by atoms with Crippen LogP contribution in [0.15, 0.2) is 18.2 Å². The van der Waals surface area contributed by atoms with Gasteiger partial charge >= 0.3 is 6.09 Å². The molecule has 1 aromatic carbocycles. The van der Waals surface area contributed by atoms with Crippen molar-refractivity contribution in [3.8, 4) is 5.75 Å². The summed E-state index contributed by atoms with van der Waals surface area (Å²) in [5, 5.41) is 5.66. The highest BCUT2D eigenvalue weighted by Gasteiger charge is 2.20. The summed E-state index contributed by atoms with van der Waals surface area (Å²) in [7, 11) is 0. The van der Waals surface area contributed by atoms with Gasteiger partial charge in [0.05, 0.1) is 5.69 Å². The van der Waals surface area contributed by atoms with Crippen LogP contribution in [0.4, 0.5) is 16.2 Å². The molecule has 0 saturated carbocycles. The van der Waals surface area contributed by atoms with Crippen molar-refractivity contribution < 1.29 is 19.1 Å². The van der Waals surface area contributed by atoms with E-state index in [1.807, 2.05) is 0 Å². The Hall–Kier alpha value is -2.24. The summed E-state index contributed by atoms with van der Waals surface area (Å²) in [5.74, 6) is 0.651. The van der Waals surface area contributed by atoms with E-state index in [-0.39, 0.29) is 6.04 Å². The lowest BCUT2D eigenvalue weighted by Crippen LogP contribution is -2.32. The van der Waals surface area contributed by atoms with Crippen molar-refractivity contribution in [1.82, 2.24) is 0 Å². The van der Waals surface area contributed by atoms with Gasteiger partial charge in [-0.25, -0.2) is 4.79 Å². The van der Waals surface area contributed by atoms with Crippen molar-refractivity contribution >= 4 is 23.8 Å². The lowest BCUT2D eigenvalue weighted by molar-refractivity contribution is -0.109. The molecule has 0 fully saturated rings. The Morgan fingerprint density at radius 2 is 2.25 bits per heavy atom. The number of carbonyl (C=O) groups excluding carboxylic acids is 2. The smallest absolute Gasteiger partial charge is 0.412 e. The Bertz CT molecular complexity index is 522. The summed E-state index contributed by atoms with van der Waals surface area (Å²) in [4.78, 5) is 22.4. The highest BCUT2D eigenvalue weighted by atomic mass is 16.6. The SMILES string of the molecule is CC(C)(C)OC(=O)Nc1ccc2c(c1)NC(C=O)CO2. The minimum Gasteiger partial charge on any atom is -0.489 e. The second-order valence-electron chi connectivity index (χ2n) is 5.54. The maximum atomic E-state index is 11.7. The van der Waals surface area contributed by atoms with Crippen molar-refractivity contribution in [3.05, 3.63) is 18.2 Å². The van der Waals surface area contributed by atoms with E-state index in [2.05, 4.69) is 10.6 Å². The number of amides is 1. The molecule has 1 aliphatic rings. The zero-order valence-corrected chi connectivity index (χ0v) is 11.7. The summed E-state index contributed by atoms with van der Waals surface area (Å²) < 4.78 is 10.6. The van der Waals surface area contributed by atoms with Crippen LogP contribution < -0.4 is 15.4 Å². The fourth-order valence-corrected chi connectivity index (χ4v) is 1.76. The fourth-order valence-electron chi connectivity index (χ4n) is 1.76. The van der Waals surface area contributed by atoms with Crippen molar-refractivity contribution in [2.24, 2.45) is 0 Å². The molecule has 0 aromatic heterocycles. The third-order valence-corrected chi connectivity index (χ3v) is 2.55. The summed E-state index contributed by atoms with van der Waals surface area (Å²) in [6.45, 7) is 5.69. The van der Waals surface area contributed by atoms with Crippen LogP contribution in [0.25, 0.3) is 0 Å². The number of aldehydes is 1. The molecule has 0 aliphatic carbocycles. The lowest BCUT2D eigenvalue weighted by atomic mass is 10.2. The van der Waals surface area contributed by atoms with Gasteiger partial charge in [-0.1, -0.05) is 0 Å². The first kappa shape index (κ1) is 14.2. The Morgan fingerprint density at radius 3 is 2.90 bits per heavy atom. The molecule has 1 aromatic rings. The van der Waals surface area contributed by atoms with E-state index in [1.165, 1.54) is 0 Å². The van der Waals surface area contributed by atoms with Crippen LogP contribution in [-0.4, -0.2) is 30.6 Å². The molecule has 0 bridgehead atoms. The monoisotopic (exact) mass is 278 g/mol. The largest absolute Gasteiger partial charge is 0.489 e. The Morgan fingerprint density at radius 1 is 1.50 bits per heavy atom. The zero-order valence-electron chi connectivity index (χ0n) is 11.7. The van der Waals surface area contributed by atoms with Crippen molar-refractivity contribution in [2.75, 3.05) is 17.2 Å². The predicted molar refractivity (Wildman–Crippen MR) is 75.3 cm³/mol. The Kier molecular flexibility index (Phi) is 3.83. The van der Waals surface area contributed by atoms with Gasteiger partial charge in [0, 0.05) is 5.69 Å².